The number of nitrogens with one attached hydrogen (secondary N) is 1. The number of hydrogen-bond acceptors (Lipinski definition) is 4. The van der Waals surface area contributed by atoms with Crippen molar-refractivity contribution in [2.75, 3.05) is 7.11 Å². The van der Waals surface area contributed by atoms with Crippen LogP contribution in [0.5, 0.6) is 11.5 Å². The number of phenolic OH excluding ortho intramolecular Hbond substituents is 1. The van der Waals surface area contributed by atoms with E-state index in [1.165, 1.54) is 7.11 Å². The Balaban J connectivity index is 1.91. The van der Waals surface area contributed by atoms with Crippen LogP contribution in [0.2, 0.25) is 0 Å². The van der Waals surface area contributed by atoms with Gasteiger partial charge in [0, 0.05) is 26.3 Å². The van der Waals surface area contributed by atoms with Gasteiger partial charge in [0.2, 0.25) is 0 Å². The van der Waals surface area contributed by atoms with Crippen molar-refractivity contribution >= 4 is 0 Å². The second-order valence-corrected chi connectivity index (χ2v) is 4.06. The van der Waals surface area contributed by atoms with Gasteiger partial charge in [0.15, 0.2) is 11.5 Å². The Morgan fingerprint density at radius 1 is 1.33 bits per heavy atom. The summed E-state index contributed by atoms with van der Waals surface area (Å²) in [6.07, 6.45) is 1.77. The third kappa shape index (κ3) is 2.81. The van der Waals surface area contributed by atoms with Gasteiger partial charge in [-0.15, -0.1) is 0 Å². The Bertz CT molecular complexity index is 523. The van der Waals surface area contributed by atoms with Crippen molar-refractivity contribution in [3.8, 4) is 11.5 Å². The molecule has 2 aromatic rings. The highest BCUT2D eigenvalue weighted by atomic mass is 16.5. The first-order chi connectivity index (χ1) is 8.70. The van der Waals surface area contributed by atoms with Crippen molar-refractivity contribution in [3.63, 3.8) is 0 Å². The molecule has 2 N–H and O–H groups in total. The number of ether oxygens (including phenoxy) is 1. The van der Waals surface area contributed by atoms with Crippen LogP contribution >= 0.6 is 0 Å². The minimum atomic E-state index is 0.164. The molecule has 0 aliphatic carbocycles. The van der Waals surface area contributed by atoms with Crippen molar-refractivity contribution in [3.05, 3.63) is 41.7 Å². The van der Waals surface area contributed by atoms with Crippen molar-refractivity contribution in [1.82, 2.24) is 15.1 Å². The molecule has 0 saturated carbocycles. The van der Waals surface area contributed by atoms with E-state index in [1.807, 2.05) is 23.9 Å². The molecule has 0 radical (unpaired) electrons. The minimum Gasteiger partial charge on any atom is -0.504 e. The van der Waals surface area contributed by atoms with Gasteiger partial charge in [0.1, 0.15) is 0 Å². The lowest BCUT2D eigenvalue weighted by Crippen LogP contribution is -2.15. The van der Waals surface area contributed by atoms with Crippen molar-refractivity contribution < 1.29 is 9.84 Å². The number of hydrogen-bond donors (Lipinski definition) is 2. The summed E-state index contributed by atoms with van der Waals surface area (Å²) < 4.78 is 6.83. The van der Waals surface area contributed by atoms with Crippen molar-refractivity contribution in [2.24, 2.45) is 7.05 Å². The van der Waals surface area contributed by atoms with Gasteiger partial charge in [-0.05, 0) is 23.8 Å². The molecular weight excluding hydrogens is 230 g/mol. The number of methoxy groups -OCH3 is 1. The lowest BCUT2D eigenvalue weighted by atomic mass is 10.2. The Labute approximate surface area is 106 Å². The summed E-state index contributed by atoms with van der Waals surface area (Å²) in [7, 11) is 3.45. The zero-order valence-electron chi connectivity index (χ0n) is 10.6. The predicted octanol–water partition coefficient (Wildman–Crippen LogP) is 1.42. The minimum absolute atomic E-state index is 0.164. The van der Waals surface area contributed by atoms with Gasteiger partial charge < -0.3 is 15.2 Å². The Morgan fingerprint density at radius 3 is 2.78 bits per heavy atom. The molecule has 2 rings (SSSR count). The highest BCUT2D eigenvalue weighted by Crippen LogP contribution is 2.26. The molecule has 1 aromatic carbocycles. The molecule has 0 bridgehead atoms. The van der Waals surface area contributed by atoms with E-state index in [2.05, 4.69) is 10.4 Å². The Kier molecular flexibility index (Phi) is 3.84. The van der Waals surface area contributed by atoms with E-state index in [4.69, 9.17) is 4.74 Å². The maximum Gasteiger partial charge on any atom is 0.160 e. The van der Waals surface area contributed by atoms with E-state index in [9.17, 15) is 5.11 Å². The van der Waals surface area contributed by atoms with Crippen LogP contribution in [0.3, 0.4) is 0 Å². The zero-order chi connectivity index (χ0) is 13.0. The van der Waals surface area contributed by atoms with E-state index in [0.717, 1.165) is 17.8 Å². The molecule has 5 nitrogen and oxygen atoms in total. The van der Waals surface area contributed by atoms with Crippen LogP contribution in [0.4, 0.5) is 0 Å². The van der Waals surface area contributed by atoms with Gasteiger partial charge >= 0.3 is 0 Å². The van der Waals surface area contributed by atoms with Crippen LogP contribution in [-0.2, 0) is 20.1 Å². The largest absolute Gasteiger partial charge is 0.504 e. The second kappa shape index (κ2) is 5.55. The fraction of sp³-hybridized carbons (Fsp3) is 0.308. The molecule has 0 spiro atoms. The monoisotopic (exact) mass is 247 g/mol. The molecule has 0 unspecified atom stereocenters. The topological polar surface area (TPSA) is 59.3 Å². The van der Waals surface area contributed by atoms with E-state index in [-0.39, 0.29) is 5.75 Å². The average molecular weight is 247 g/mol. The molecule has 1 heterocycles. The summed E-state index contributed by atoms with van der Waals surface area (Å²) in [4.78, 5) is 0. The van der Waals surface area contributed by atoms with Gasteiger partial charge in [0.05, 0.1) is 12.8 Å². The summed E-state index contributed by atoms with van der Waals surface area (Å²) in [5.74, 6) is 0.655. The quantitative estimate of drug-likeness (QED) is 0.839. The summed E-state index contributed by atoms with van der Waals surface area (Å²) in [6.45, 7) is 1.42. The van der Waals surface area contributed by atoms with E-state index < -0.39 is 0 Å². The second-order valence-electron chi connectivity index (χ2n) is 4.06. The van der Waals surface area contributed by atoms with Crippen molar-refractivity contribution in [2.45, 2.75) is 13.1 Å². The van der Waals surface area contributed by atoms with Gasteiger partial charge in [-0.2, -0.15) is 5.10 Å². The van der Waals surface area contributed by atoms with Crippen LogP contribution in [0, 0.1) is 0 Å². The standard InChI is InChI=1S/C13H17N3O2/c1-16-11(5-6-15-16)9-14-8-10-3-4-13(18-2)12(17)7-10/h3-7,14,17H,8-9H2,1-2H3. The Hall–Kier alpha value is -2.01. The lowest BCUT2D eigenvalue weighted by molar-refractivity contribution is 0.373. The number of aromatic nitrogens is 2. The lowest BCUT2D eigenvalue weighted by Gasteiger charge is -2.08. The smallest absolute Gasteiger partial charge is 0.160 e. The first-order valence-electron chi connectivity index (χ1n) is 5.74. The molecule has 0 atom stereocenters. The first kappa shape index (κ1) is 12.4. The van der Waals surface area contributed by atoms with Gasteiger partial charge in [-0.1, -0.05) is 6.07 Å². The third-order valence-corrected chi connectivity index (χ3v) is 2.80. The van der Waals surface area contributed by atoms with Crippen LogP contribution < -0.4 is 10.1 Å². The van der Waals surface area contributed by atoms with Crippen LogP contribution in [0.15, 0.2) is 30.5 Å². The van der Waals surface area contributed by atoms with Gasteiger partial charge in [-0.3, -0.25) is 4.68 Å². The van der Waals surface area contributed by atoms with Gasteiger partial charge in [0.25, 0.3) is 0 Å². The number of benzene rings is 1. The highest BCUT2D eigenvalue weighted by Gasteiger charge is 2.03. The van der Waals surface area contributed by atoms with Crippen molar-refractivity contribution in [1.29, 1.82) is 0 Å². The predicted molar refractivity (Wildman–Crippen MR) is 68.4 cm³/mol. The molecule has 0 amide bonds. The average Bonchev–Trinajstić information content (AvgIpc) is 2.75. The summed E-state index contributed by atoms with van der Waals surface area (Å²) in [6, 6.07) is 7.36. The molecule has 96 valence electrons. The fourth-order valence-corrected chi connectivity index (χ4v) is 1.76. The first-order valence-corrected chi connectivity index (χ1v) is 5.74. The number of aryl methyl sites for hydroxylation is 1. The molecule has 18 heavy (non-hydrogen) atoms. The van der Waals surface area contributed by atoms with E-state index >= 15 is 0 Å². The SMILES string of the molecule is COc1ccc(CNCc2ccnn2C)cc1O. The highest BCUT2D eigenvalue weighted by molar-refractivity contribution is 5.41. The normalized spacial score (nSPS) is 10.6. The molecule has 5 heteroatoms. The molecule has 0 saturated heterocycles. The number of nitrogens with zero attached hydrogens (tertiary/aromatic N) is 2. The molecule has 0 fully saturated rings. The number of phenols is 1. The third-order valence-electron chi connectivity index (χ3n) is 2.80. The van der Waals surface area contributed by atoms with Crippen LogP contribution in [-0.4, -0.2) is 22.0 Å². The van der Waals surface area contributed by atoms with Gasteiger partial charge in [-0.25, -0.2) is 0 Å². The van der Waals surface area contributed by atoms with E-state index in [1.54, 1.807) is 18.3 Å². The number of aromatic hydroxyl groups is 1. The molecule has 0 aliphatic heterocycles. The zero-order valence-corrected chi connectivity index (χ0v) is 10.6. The van der Waals surface area contributed by atoms with Crippen LogP contribution in [0.1, 0.15) is 11.3 Å². The number of rotatable bonds is 5. The van der Waals surface area contributed by atoms with Crippen LogP contribution in [0.25, 0.3) is 0 Å². The maximum absolute atomic E-state index is 9.65. The summed E-state index contributed by atoms with van der Waals surface area (Å²) >= 11 is 0. The van der Waals surface area contributed by atoms with E-state index in [0.29, 0.717) is 12.3 Å². The Morgan fingerprint density at radius 2 is 2.17 bits per heavy atom. The fourth-order valence-electron chi connectivity index (χ4n) is 1.76. The molecule has 1 aromatic heterocycles. The summed E-state index contributed by atoms with van der Waals surface area (Å²) in [5.41, 5.74) is 2.13. The molecule has 0 aliphatic rings. The maximum atomic E-state index is 9.65. The summed E-state index contributed by atoms with van der Waals surface area (Å²) in [5, 5.41) is 17.0. The molecular formula is C13H17N3O2.